The van der Waals surface area contributed by atoms with Crippen molar-refractivity contribution in [2.75, 3.05) is 5.32 Å². The van der Waals surface area contributed by atoms with Crippen LogP contribution in [0, 0.1) is 13.8 Å². The van der Waals surface area contributed by atoms with Crippen LogP contribution in [0.5, 0.6) is 0 Å². The lowest BCUT2D eigenvalue weighted by Gasteiger charge is -2.13. The molecule has 2 aromatic heterocycles. The molecule has 0 saturated heterocycles. The maximum absolute atomic E-state index is 12.8. The summed E-state index contributed by atoms with van der Waals surface area (Å²) in [5.41, 5.74) is 2.56. The van der Waals surface area contributed by atoms with Gasteiger partial charge in [-0.15, -0.1) is 0 Å². The van der Waals surface area contributed by atoms with E-state index >= 15 is 0 Å². The Labute approximate surface area is 153 Å². The second-order valence-electron chi connectivity index (χ2n) is 6.69. The van der Waals surface area contributed by atoms with E-state index in [4.69, 9.17) is 0 Å². The van der Waals surface area contributed by atoms with Crippen LogP contribution in [0.15, 0.2) is 33.2 Å². The van der Waals surface area contributed by atoms with Crippen LogP contribution >= 0.6 is 11.5 Å². The van der Waals surface area contributed by atoms with Gasteiger partial charge in [0.15, 0.2) is 5.52 Å². The van der Waals surface area contributed by atoms with E-state index in [9.17, 15) is 14.4 Å². The predicted octanol–water partition coefficient (Wildman–Crippen LogP) is 2.21. The number of amides is 1. The quantitative estimate of drug-likeness (QED) is 0.763. The summed E-state index contributed by atoms with van der Waals surface area (Å²) in [4.78, 5) is 37.9. The highest BCUT2D eigenvalue weighted by atomic mass is 32.1. The van der Waals surface area contributed by atoms with E-state index in [1.807, 2.05) is 32.0 Å². The third-order valence-electron chi connectivity index (χ3n) is 4.58. The summed E-state index contributed by atoms with van der Waals surface area (Å²) < 4.78 is 6.71. The SMILES string of the molecule is Cc1ccc(C)c(NC(=O)Cn2c(=O)n(C3CC3)c(=O)c3nscc32)c1. The third kappa shape index (κ3) is 2.86. The normalized spacial score (nSPS) is 13.9. The number of hydrogen-bond donors (Lipinski definition) is 1. The zero-order valence-corrected chi connectivity index (χ0v) is 15.3. The first-order chi connectivity index (χ1) is 12.5. The molecule has 1 aliphatic carbocycles. The van der Waals surface area contributed by atoms with Gasteiger partial charge in [-0.05, 0) is 55.4 Å². The van der Waals surface area contributed by atoms with E-state index in [0.717, 1.165) is 41.2 Å². The molecule has 0 radical (unpaired) electrons. The first-order valence-electron chi connectivity index (χ1n) is 8.42. The fourth-order valence-electron chi connectivity index (χ4n) is 3.02. The van der Waals surface area contributed by atoms with E-state index in [1.165, 1.54) is 9.13 Å². The van der Waals surface area contributed by atoms with E-state index < -0.39 is 5.69 Å². The summed E-state index contributed by atoms with van der Waals surface area (Å²) in [6.07, 6.45) is 1.61. The smallest absolute Gasteiger partial charge is 0.324 e. The van der Waals surface area contributed by atoms with Crippen LogP contribution in [0.1, 0.15) is 30.0 Å². The Hall–Kier alpha value is -2.74. The van der Waals surface area contributed by atoms with E-state index in [2.05, 4.69) is 9.69 Å². The maximum Gasteiger partial charge on any atom is 0.332 e. The van der Waals surface area contributed by atoms with Crippen molar-refractivity contribution in [2.45, 2.75) is 39.3 Å². The fourth-order valence-corrected chi connectivity index (χ4v) is 3.69. The predicted molar refractivity (Wildman–Crippen MR) is 101 cm³/mol. The number of aryl methyl sites for hydroxylation is 2. The van der Waals surface area contributed by atoms with Gasteiger partial charge in [0.2, 0.25) is 5.91 Å². The highest BCUT2D eigenvalue weighted by Gasteiger charge is 2.29. The molecule has 1 N–H and O–H groups in total. The summed E-state index contributed by atoms with van der Waals surface area (Å²) in [5.74, 6) is -0.311. The Morgan fingerprint density at radius 1 is 1.31 bits per heavy atom. The van der Waals surface area contributed by atoms with Crippen molar-refractivity contribution in [3.63, 3.8) is 0 Å². The molecule has 0 unspecified atom stereocenters. The van der Waals surface area contributed by atoms with Crippen molar-refractivity contribution in [2.24, 2.45) is 0 Å². The molecule has 0 spiro atoms. The van der Waals surface area contributed by atoms with Gasteiger partial charge < -0.3 is 5.32 Å². The van der Waals surface area contributed by atoms with Crippen LogP contribution in [0.2, 0.25) is 0 Å². The minimum Gasteiger partial charge on any atom is -0.324 e. The highest BCUT2D eigenvalue weighted by Crippen LogP contribution is 2.32. The minimum atomic E-state index is -0.443. The molecule has 1 aromatic carbocycles. The number of anilines is 1. The molecule has 3 aromatic rings. The first kappa shape index (κ1) is 16.7. The van der Waals surface area contributed by atoms with Crippen LogP contribution in [0.4, 0.5) is 5.69 Å². The number of nitrogens with one attached hydrogen (secondary N) is 1. The Kier molecular flexibility index (Phi) is 3.99. The maximum atomic E-state index is 12.8. The number of fused-ring (bicyclic) bond motifs is 1. The first-order valence-corrected chi connectivity index (χ1v) is 9.26. The van der Waals surface area contributed by atoms with Gasteiger partial charge in [-0.25, -0.2) is 4.79 Å². The number of rotatable bonds is 4. The van der Waals surface area contributed by atoms with Crippen molar-refractivity contribution >= 4 is 34.2 Å². The molecule has 2 heterocycles. The second-order valence-corrected chi connectivity index (χ2v) is 7.32. The molecule has 7 nitrogen and oxygen atoms in total. The largest absolute Gasteiger partial charge is 0.332 e. The van der Waals surface area contributed by atoms with E-state index in [-0.39, 0.29) is 29.6 Å². The number of hydrogen-bond acceptors (Lipinski definition) is 5. The van der Waals surface area contributed by atoms with E-state index in [0.29, 0.717) is 5.52 Å². The van der Waals surface area contributed by atoms with E-state index in [1.54, 1.807) is 5.38 Å². The Morgan fingerprint density at radius 3 is 2.81 bits per heavy atom. The zero-order valence-electron chi connectivity index (χ0n) is 14.5. The Morgan fingerprint density at radius 2 is 2.08 bits per heavy atom. The number of carbonyl (C=O) groups is 1. The second kappa shape index (κ2) is 6.21. The van der Waals surface area contributed by atoms with Gasteiger partial charge in [-0.1, -0.05) is 12.1 Å². The molecule has 1 amide bonds. The third-order valence-corrected chi connectivity index (χ3v) is 5.20. The summed E-state index contributed by atoms with van der Waals surface area (Å²) in [5, 5.41) is 4.50. The van der Waals surface area contributed by atoms with Gasteiger partial charge in [0.05, 0.1) is 5.52 Å². The number of carbonyl (C=O) groups excluding carboxylic acids is 1. The van der Waals surface area contributed by atoms with Crippen LogP contribution < -0.4 is 16.6 Å². The van der Waals surface area contributed by atoms with Crippen LogP contribution in [-0.4, -0.2) is 19.4 Å². The average Bonchev–Trinajstić information content (AvgIpc) is 3.30. The van der Waals surface area contributed by atoms with Crippen molar-refractivity contribution in [1.29, 1.82) is 0 Å². The Balaban J connectivity index is 1.72. The molecule has 8 heteroatoms. The van der Waals surface area contributed by atoms with Crippen molar-refractivity contribution in [1.82, 2.24) is 13.5 Å². The molecule has 134 valence electrons. The lowest BCUT2D eigenvalue weighted by atomic mass is 10.1. The van der Waals surface area contributed by atoms with Crippen LogP contribution in [-0.2, 0) is 11.3 Å². The lowest BCUT2D eigenvalue weighted by molar-refractivity contribution is -0.116. The molecule has 26 heavy (non-hydrogen) atoms. The molecule has 4 rings (SSSR count). The van der Waals surface area contributed by atoms with Gasteiger partial charge in [0, 0.05) is 17.1 Å². The van der Waals surface area contributed by atoms with Crippen molar-refractivity contribution < 1.29 is 4.79 Å². The summed E-state index contributed by atoms with van der Waals surface area (Å²) in [6, 6.07) is 5.73. The molecule has 0 bridgehead atoms. The van der Waals surface area contributed by atoms with Gasteiger partial charge in [0.1, 0.15) is 6.54 Å². The van der Waals surface area contributed by atoms with Crippen LogP contribution in [0.25, 0.3) is 11.0 Å². The molecule has 1 saturated carbocycles. The summed E-state index contributed by atoms with van der Waals surface area (Å²) >= 11 is 1.11. The number of benzene rings is 1. The van der Waals surface area contributed by atoms with Gasteiger partial charge in [-0.3, -0.25) is 18.7 Å². The summed E-state index contributed by atoms with van der Waals surface area (Å²) in [7, 11) is 0. The van der Waals surface area contributed by atoms with Gasteiger partial charge in [0.25, 0.3) is 5.56 Å². The molecular formula is C18H18N4O3S. The lowest BCUT2D eigenvalue weighted by Crippen LogP contribution is -2.41. The zero-order chi connectivity index (χ0) is 18.4. The summed E-state index contributed by atoms with van der Waals surface area (Å²) in [6.45, 7) is 3.70. The molecule has 1 fully saturated rings. The minimum absolute atomic E-state index is 0.0746. The van der Waals surface area contributed by atoms with Crippen LogP contribution in [0.3, 0.4) is 0 Å². The van der Waals surface area contributed by atoms with Gasteiger partial charge in [-0.2, -0.15) is 4.37 Å². The van der Waals surface area contributed by atoms with Crippen molar-refractivity contribution in [3.05, 3.63) is 55.5 Å². The molecular weight excluding hydrogens is 352 g/mol. The average molecular weight is 370 g/mol. The molecule has 0 aliphatic heterocycles. The standard InChI is InChI=1S/C18H18N4O3S/c1-10-3-4-11(2)13(7-10)19-15(23)8-21-14-9-26-20-16(14)17(24)22(18(21)25)12-5-6-12/h3-4,7,9,12H,5-6,8H2,1-2H3,(H,19,23). The monoisotopic (exact) mass is 370 g/mol. The highest BCUT2D eigenvalue weighted by molar-refractivity contribution is 7.04. The number of nitrogens with zero attached hydrogens (tertiary/aromatic N) is 3. The topological polar surface area (TPSA) is 86.0 Å². The van der Waals surface area contributed by atoms with Gasteiger partial charge >= 0.3 is 5.69 Å². The Bertz CT molecular complexity index is 1140. The number of aromatic nitrogens is 3. The molecule has 0 atom stereocenters. The molecule has 1 aliphatic rings. The van der Waals surface area contributed by atoms with Crippen molar-refractivity contribution in [3.8, 4) is 0 Å². The fraction of sp³-hybridized carbons (Fsp3) is 0.333.